The van der Waals surface area contributed by atoms with Gasteiger partial charge in [-0.25, -0.2) is 19.3 Å². The molecule has 38 heavy (non-hydrogen) atoms. The molecule has 0 radical (unpaired) electrons. The van der Waals surface area contributed by atoms with E-state index < -0.39 is 17.6 Å². The average Bonchev–Trinajstić information content (AvgIpc) is 3.36. The molecule has 5 rings (SSSR count). The molecule has 3 aromatic rings. The Labute approximate surface area is 218 Å². The molecule has 2 aliphatic heterocycles. The van der Waals surface area contributed by atoms with Gasteiger partial charge in [0.1, 0.15) is 29.6 Å². The third-order valence-corrected chi connectivity index (χ3v) is 7.34. The van der Waals surface area contributed by atoms with Crippen LogP contribution in [0.3, 0.4) is 0 Å². The highest BCUT2D eigenvalue weighted by atomic mass is 19.4. The minimum Gasteiger partial charge on any atom is -0.383 e. The SMILES string of the molecule is CN=Cc1c(N)ncnc1N1CCC(c2nc(-c3ccc(F)c(C(F)(F)F)c3)cn2C2CCNCC2)CC1. The van der Waals surface area contributed by atoms with Gasteiger partial charge in [0.25, 0.3) is 0 Å². The van der Waals surface area contributed by atoms with Crippen molar-refractivity contribution in [3.63, 3.8) is 0 Å². The van der Waals surface area contributed by atoms with Gasteiger partial charge in [-0.05, 0) is 57.0 Å². The van der Waals surface area contributed by atoms with Gasteiger partial charge in [0.15, 0.2) is 0 Å². The first-order valence-corrected chi connectivity index (χ1v) is 12.7. The van der Waals surface area contributed by atoms with E-state index in [2.05, 4.69) is 29.7 Å². The number of nitrogens with zero attached hydrogens (tertiary/aromatic N) is 6. The minimum absolute atomic E-state index is 0.111. The normalized spacial score (nSPS) is 18.0. The zero-order valence-electron chi connectivity index (χ0n) is 21.0. The van der Waals surface area contributed by atoms with Crippen LogP contribution in [0.1, 0.15) is 54.6 Å². The van der Waals surface area contributed by atoms with E-state index in [1.807, 2.05) is 6.20 Å². The number of hydrogen-bond donors (Lipinski definition) is 2. The molecule has 2 aliphatic rings. The fourth-order valence-electron chi connectivity index (χ4n) is 5.38. The predicted octanol–water partition coefficient (Wildman–Crippen LogP) is 4.44. The van der Waals surface area contributed by atoms with Gasteiger partial charge in [0, 0.05) is 50.1 Å². The lowest BCUT2D eigenvalue weighted by Gasteiger charge is -2.34. The summed E-state index contributed by atoms with van der Waals surface area (Å²) in [6.07, 6.45) is 3.53. The maximum atomic E-state index is 13.9. The fraction of sp³-hybridized carbons (Fsp3) is 0.462. The first kappa shape index (κ1) is 26.1. The molecule has 2 aromatic heterocycles. The molecule has 2 saturated heterocycles. The third kappa shape index (κ3) is 5.22. The molecule has 0 aliphatic carbocycles. The molecule has 202 valence electrons. The van der Waals surface area contributed by atoms with Gasteiger partial charge in [-0.15, -0.1) is 0 Å². The Morgan fingerprint density at radius 1 is 1.11 bits per heavy atom. The number of piperidine rings is 2. The number of aliphatic imine (C=N–C) groups is 1. The Hall–Kier alpha value is -3.54. The monoisotopic (exact) mass is 530 g/mol. The van der Waals surface area contributed by atoms with E-state index in [1.165, 1.54) is 12.4 Å². The summed E-state index contributed by atoms with van der Waals surface area (Å²) in [5.41, 5.74) is 6.14. The van der Waals surface area contributed by atoms with Crippen LogP contribution < -0.4 is 16.0 Å². The van der Waals surface area contributed by atoms with Crippen LogP contribution in [0.4, 0.5) is 29.2 Å². The largest absolute Gasteiger partial charge is 0.419 e. The van der Waals surface area contributed by atoms with Crippen LogP contribution in [0.15, 0.2) is 35.7 Å². The summed E-state index contributed by atoms with van der Waals surface area (Å²) in [4.78, 5) is 19.6. The van der Waals surface area contributed by atoms with Crippen molar-refractivity contribution in [2.24, 2.45) is 4.99 Å². The Kier molecular flexibility index (Phi) is 7.33. The predicted molar refractivity (Wildman–Crippen MR) is 138 cm³/mol. The standard InChI is InChI=1S/C26H30F4N8/c1-32-13-19-23(31)34-15-35-25(19)37-10-6-16(7-11-37)24-36-22(14-38(24)18-4-8-33-9-5-18)17-2-3-21(27)20(12-17)26(28,29)30/h2-3,12-16,18,33H,4-11H2,1H3,(H2,31,34,35). The molecule has 0 amide bonds. The number of rotatable bonds is 5. The first-order valence-electron chi connectivity index (χ1n) is 12.7. The third-order valence-electron chi connectivity index (χ3n) is 7.34. The van der Waals surface area contributed by atoms with Crippen molar-refractivity contribution in [1.29, 1.82) is 0 Å². The lowest BCUT2D eigenvalue weighted by atomic mass is 9.94. The fourth-order valence-corrected chi connectivity index (χ4v) is 5.38. The Balaban J connectivity index is 1.45. The summed E-state index contributed by atoms with van der Waals surface area (Å²) < 4.78 is 56.2. The zero-order valence-corrected chi connectivity index (χ0v) is 21.0. The number of anilines is 2. The highest BCUT2D eigenvalue weighted by molar-refractivity contribution is 5.91. The van der Waals surface area contributed by atoms with Crippen LogP contribution in [0.5, 0.6) is 0 Å². The molecule has 8 nitrogen and oxygen atoms in total. The van der Waals surface area contributed by atoms with E-state index in [1.54, 1.807) is 13.3 Å². The summed E-state index contributed by atoms with van der Waals surface area (Å²) >= 11 is 0. The molecule has 0 spiro atoms. The van der Waals surface area contributed by atoms with Crippen LogP contribution in [-0.2, 0) is 6.18 Å². The van der Waals surface area contributed by atoms with Crippen molar-refractivity contribution < 1.29 is 17.6 Å². The second kappa shape index (κ2) is 10.7. The van der Waals surface area contributed by atoms with Crippen LogP contribution in [0.25, 0.3) is 11.3 Å². The van der Waals surface area contributed by atoms with Gasteiger partial charge >= 0.3 is 6.18 Å². The maximum absolute atomic E-state index is 13.9. The number of hydrogen-bond acceptors (Lipinski definition) is 7. The molecule has 4 heterocycles. The second-order valence-electron chi connectivity index (χ2n) is 9.71. The van der Waals surface area contributed by atoms with Gasteiger partial charge in [-0.1, -0.05) is 0 Å². The highest BCUT2D eigenvalue weighted by Crippen LogP contribution is 2.38. The van der Waals surface area contributed by atoms with Gasteiger partial charge in [-0.2, -0.15) is 13.2 Å². The summed E-state index contributed by atoms with van der Waals surface area (Å²) in [5, 5.41) is 3.36. The molecular weight excluding hydrogens is 500 g/mol. The summed E-state index contributed by atoms with van der Waals surface area (Å²) in [5.74, 6) is 0.785. The molecule has 0 unspecified atom stereocenters. The van der Waals surface area contributed by atoms with Crippen molar-refractivity contribution in [2.75, 3.05) is 43.9 Å². The molecule has 1 aromatic carbocycles. The van der Waals surface area contributed by atoms with Crippen LogP contribution >= 0.6 is 0 Å². The van der Waals surface area contributed by atoms with Crippen LogP contribution in [0.2, 0.25) is 0 Å². The Morgan fingerprint density at radius 3 is 2.53 bits per heavy atom. The number of alkyl halides is 3. The average molecular weight is 531 g/mol. The van der Waals surface area contributed by atoms with Gasteiger partial charge < -0.3 is 20.5 Å². The molecule has 0 bridgehead atoms. The van der Waals surface area contributed by atoms with E-state index >= 15 is 0 Å². The van der Waals surface area contributed by atoms with E-state index in [0.29, 0.717) is 30.2 Å². The highest BCUT2D eigenvalue weighted by Gasteiger charge is 2.35. The van der Waals surface area contributed by atoms with Crippen molar-refractivity contribution in [1.82, 2.24) is 24.8 Å². The minimum atomic E-state index is -4.78. The molecule has 12 heteroatoms. The van der Waals surface area contributed by atoms with Gasteiger partial charge in [0.2, 0.25) is 0 Å². The summed E-state index contributed by atoms with van der Waals surface area (Å²) in [7, 11) is 1.67. The van der Waals surface area contributed by atoms with E-state index in [9.17, 15) is 17.6 Å². The first-order chi connectivity index (χ1) is 18.3. The number of nitrogens with one attached hydrogen (secondary N) is 1. The number of aromatic nitrogens is 4. The van der Waals surface area contributed by atoms with Crippen LogP contribution in [-0.4, -0.2) is 59.0 Å². The van der Waals surface area contributed by atoms with Crippen molar-refractivity contribution in [3.05, 3.63) is 53.5 Å². The van der Waals surface area contributed by atoms with E-state index in [-0.39, 0.29) is 17.5 Å². The number of imidazole rings is 1. The van der Waals surface area contributed by atoms with Crippen molar-refractivity contribution in [3.8, 4) is 11.3 Å². The van der Waals surface area contributed by atoms with Crippen LogP contribution in [0, 0.1) is 5.82 Å². The molecule has 0 saturated carbocycles. The number of nitrogens with two attached hydrogens (primary N) is 1. The molecular formula is C26H30F4N8. The summed E-state index contributed by atoms with van der Waals surface area (Å²) in [6, 6.07) is 3.28. The number of benzene rings is 1. The number of halogens is 4. The molecule has 2 fully saturated rings. The van der Waals surface area contributed by atoms with Gasteiger partial charge in [-0.3, -0.25) is 4.99 Å². The topological polar surface area (TPSA) is 97.2 Å². The Morgan fingerprint density at radius 2 is 1.84 bits per heavy atom. The number of nitrogen functional groups attached to an aromatic ring is 1. The van der Waals surface area contributed by atoms with Crippen molar-refractivity contribution in [2.45, 2.75) is 43.8 Å². The maximum Gasteiger partial charge on any atom is 0.419 e. The second-order valence-corrected chi connectivity index (χ2v) is 9.71. The zero-order chi connectivity index (χ0) is 26.9. The Bertz CT molecular complexity index is 1310. The smallest absolute Gasteiger partial charge is 0.383 e. The lowest BCUT2D eigenvalue weighted by molar-refractivity contribution is -0.139. The van der Waals surface area contributed by atoms with E-state index in [0.717, 1.165) is 62.5 Å². The van der Waals surface area contributed by atoms with E-state index in [4.69, 9.17) is 10.7 Å². The lowest BCUT2D eigenvalue weighted by Crippen LogP contribution is -2.36. The van der Waals surface area contributed by atoms with Gasteiger partial charge in [0.05, 0.1) is 16.8 Å². The van der Waals surface area contributed by atoms with Crippen molar-refractivity contribution >= 4 is 17.9 Å². The summed E-state index contributed by atoms with van der Waals surface area (Å²) in [6.45, 7) is 3.13. The molecule has 0 atom stereocenters. The quantitative estimate of drug-likeness (QED) is 0.374. The molecule has 3 N–H and O–H groups in total.